The molecule has 0 fully saturated rings. The molecular weight excluding hydrogens is 282 g/mol. The van der Waals surface area contributed by atoms with E-state index in [9.17, 15) is 13.6 Å². The number of likely N-dealkylation sites (N-methyl/N-ethyl adjacent to an activating group) is 1. The zero-order valence-corrected chi connectivity index (χ0v) is 11.5. The lowest BCUT2D eigenvalue weighted by Gasteiger charge is -2.19. The molecule has 1 unspecified atom stereocenters. The van der Waals surface area contributed by atoms with Gasteiger partial charge >= 0.3 is 5.97 Å². The average Bonchev–Trinajstić information content (AvgIpc) is 2.89. The number of oxazole rings is 1. The summed E-state index contributed by atoms with van der Waals surface area (Å²) in [6.45, 7) is 1.82. The van der Waals surface area contributed by atoms with Gasteiger partial charge in [-0.2, -0.15) is 0 Å². The maximum atomic E-state index is 13.2. The van der Waals surface area contributed by atoms with Crippen LogP contribution in [0.2, 0.25) is 0 Å². The van der Waals surface area contributed by atoms with Crippen LogP contribution in [0.15, 0.2) is 28.9 Å². The van der Waals surface area contributed by atoms with Crippen LogP contribution in [0, 0.1) is 11.6 Å². The molecule has 0 saturated heterocycles. The number of hydrogen-bond donors (Lipinski definition) is 1. The van der Waals surface area contributed by atoms with Gasteiger partial charge in [0.25, 0.3) is 0 Å². The molecule has 7 heteroatoms. The van der Waals surface area contributed by atoms with Crippen LogP contribution in [0.4, 0.5) is 8.78 Å². The highest BCUT2D eigenvalue weighted by Gasteiger charge is 2.18. The van der Waals surface area contributed by atoms with E-state index in [1.165, 1.54) is 12.3 Å². The second-order valence-corrected chi connectivity index (χ2v) is 4.70. The molecule has 1 heterocycles. The first-order chi connectivity index (χ1) is 9.88. The van der Waals surface area contributed by atoms with E-state index in [1.54, 1.807) is 18.9 Å². The molecule has 0 radical (unpaired) electrons. The first-order valence-electron chi connectivity index (χ1n) is 6.21. The molecule has 0 bridgehead atoms. The highest BCUT2D eigenvalue weighted by Crippen LogP contribution is 2.21. The molecule has 2 aromatic rings. The van der Waals surface area contributed by atoms with E-state index in [0.29, 0.717) is 11.3 Å². The molecule has 0 aliphatic carbocycles. The van der Waals surface area contributed by atoms with Crippen LogP contribution in [0.3, 0.4) is 0 Å². The molecule has 0 aliphatic rings. The van der Waals surface area contributed by atoms with Crippen molar-refractivity contribution in [3.63, 3.8) is 0 Å². The Balaban J connectivity index is 2.14. The number of rotatable bonds is 5. The Morgan fingerprint density at radius 2 is 2.14 bits per heavy atom. The number of nitrogens with zero attached hydrogens (tertiary/aromatic N) is 2. The van der Waals surface area contributed by atoms with Crippen molar-refractivity contribution >= 4 is 5.97 Å². The Morgan fingerprint density at radius 3 is 2.76 bits per heavy atom. The van der Waals surface area contributed by atoms with Gasteiger partial charge in [-0.05, 0) is 32.2 Å². The highest BCUT2D eigenvalue weighted by molar-refractivity contribution is 5.72. The number of carboxylic acid groups (broad SMARTS) is 1. The van der Waals surface area contributed by atoms with Crippen LogP contribution in [0.5, 0.6) is 0 Å². The lowest BCUT2D eigenvalue weighted by molar-refractivity contribution is -0.142. The van der Waals surface area contributed by atoms with E-state index in [4.69, 9.17) is 9.52 Å². The van der Waals surface area contributed by atoms with Gasteiger partial charge in [-0.1, -0.05) is 0 Å². The SMILES string of the molecule is CC(C(=O)O)N(C)Cc1coc(-c2ccc(F)c(F)c2)n1. The second-order valence-electron chi connectivity index (χ2n) is 4.70. The zero-order chi connectivity index (χ0) is 15.6. The first kappa shape index (κ1) is 15.1. The van der Waals surface area contributed by atoms with Crippen LogP contribution in [-0.2, 0) is 11.3 Å². The molecule has 2 rings (SSSR count). The maximum absolute atomic E-state index is 13.2. The quantitative estimate of drug-likeness (QED) is 0.918. The van der Waals surface area contributed by atoms with Crippen molar-refractivity contribution in [1.82, 2.24) is 9.88 Å². The van der Waals surface area contributed by atoms with E-state index < -0.39 is 23.6 Å². The molecule has 0 aliphatic heterocycles. The van der Waals surface area contributed by atoms with E-state index >= 15 is 0 Å². The van der Waals surface area contributed by atoms with Gasteiger partial charge in [-0.3, -0.25) is 9.69 Å². The Bertz CT molecular complexity index is 657. The average molecular weight is 296 g/mol. The maximum Gasteiger partial charge on any atom is 0.320 e. The van der Waals surface area contributed by atoms with Crippen molar-refractivity contribution < 1.29 is 23.1 Å². The third-order valence-electron chi connectivity index (χ3n) is 3.15. The van der Waals surface area contributed by atoms with Gasteiger partial charge < -0.3 is 9.52 Å². The normalized spacial score (nSPS) is 12.6. The molecule has 5 nitrogen and oxygen atoms in total. The predicted octanol–water partition coefficient (Wildman–Crippen LogP) is 2.52. The lowest BCUT2D eigenvalue weighted by Crippen LogP contribution is -2.35. The number of carboxylic acids is 1. The van der Waals surface area contributed by atoms with Crippen molar-refractivity contribution in [3.05, 3.63) is 41.8 Å². The summed E-state index contributed by atoms with van der Waals surface area (Å²) in [5.41, 5.74) is 0.819. The molecule has 1 aromatic heterocycles. The first-order valence-corrected chi connectivity index (χ1v) is 6.21. The number of halogens is 2. The fourth-order valence-corrected chi connectivity index (χ4v) is 1.72. The van der Waals surface area contributed by atoms with Gasteiger partial charge in [0, 0.05) is 12.1 Å². The van der Waals surface area contributed by atoms with Gasteiger partial charge in [0.1, 0.15) is 12.3 Å². The Hall–Kier alpha value is -2.28. The summed E-state index contributed by atoms with van der Waals surface area (Å²) >= 11 is 0. The molecular formula is C14H14F2N2O3. The van der Waals surface area contributed by atoms with Crippen molar-refractivity contribution in [1.29, 1.82) is 0 Å². The molecule has 0 spiro atoms. The Kier molecular flexibility index (Phi) is 4.32. The van der Waals surface area contributed by atoms with Crippen molar-refractivity contribution in [2.24, 2.45) is 0 Å². The molecule has 1 N–H and O–H groups in total. The number of aromatic nitrogens is 1. The van der Waals surface area contributed by atoms with Crippen LogP contribution in [-0.4, -0.2) is 34.0 Å². The van der Waals surface area contributed by atoms with Crippen molar-refractivity contribution in [3.8, 4) is 11.5 Å². The predicted molar refractivity (Wildman–Crippen MR) is 70.4 cm³/mol. The minimum Gasteiger partial charge on any atom is -0.480 e. The summed E-state index contributed by atoms with van der Waals surface area (Å²) in [6, 6.07) is 2.67. The standard InChI is InChI=1S/C14H14F2N2O3/c1-8(14(19)20)18(2)6-10-7-21-13(17-10)9-3-4-11(15)12(16)5-9/h3-5,7-8H,6H2,1-2H3,(H,19,20). The summed E-state index contributed by atoms with van der Waals surface area (Å²) < 4.78 is 31.2. The number of hydrogen-bond acceptors (Lipinski definition) is 4. The molecule has 1 aromatic carbocycles. The van der Waals surface area contributed by atoms with Crippen LogP contribution in [0.1, 0.15) is 12.6 Å². The van der Waals surface area contributed by atoms with Crippen LogP contribution >= 0.6 is 0 Å². The summed E-state index contributed by atoms with van der Waals surface area (Å²) in [4.78, 5) is 16.6. The van der Waals surface area contributed by atoms with Gasteiger partial charge in [-0.15, -0.1) is 0 Å². The monoisotopic (exact) mass is 296 g/mol. The smallest absolute Gasteiger partial charge is 0.320 e. The van der Waals surface area contributed by atoms with Gasteiger partial charge in [0.15, 0.2) is 11.6 Å². The summed E-state index contributed by atoms with van der Waals surface area (Å²) in [7, 11) is 1.64. The Labute approximate surface area is 119 Å². The largest absolute Gasteiger partial charge is 0.480 e. The fourth-order valence-electron chi connectivity index (χ4n) is 1.72. The van der Waals surface area contributed by atoms with Gasteiger partial charge in [-0.25, -0.2) is 13.8 Å². The molecule has 1 atom stereocenters. The third kappa shape index (κ3) is 3.43. The summed E-state index contributed by atoms with van der Waals surface area (Å²) in [6.07, 6.45) is 1.36. The van der Waals surface area contributed by atoms with Gasteiger partial charge in [0.05, 0.1) is 5.69 Å². The topological polar surface area (TPSA) is 66.6 Å². The van der Waals surface area contributed by atoms with Gasteiger partial charge in [0.2, 0.25) is 5.89 Å². The lowest BCUT2D eigenvalue weighted by atomic mass is 10.2. The van der Waals surface area contributed by atoms with E-state index in [2.05, 4.69) is 4.98 Å². The molecule has 0 amide bonds. The minimum absolute atomic E-state index is 0.153. The van der Waals surface area contributed by atoms with E-state index in [0.717, 1.165) is 12.1 Å². The van der Waals surface area contributed by atoms with E-state index in [1.807, 2.05) is 0 Å². The number of carbonyl (C=O) groups is 1. The van der Waals surface area contributed by atoms with Crippen molar-refractivity contribution in [2.75, 3.05) is 7.05 Å². The molecule has 112 valence electrons. The number of benzene rings is 1. The molecule has 0 saturated carbocycles. The van der Waals surface area contributed by atoms with Crippen molar-refractivity contribution in [2.45, 2.75) is 19.5 Å². The minimum atomic E-state index is -0.983. The highest BCUT2D eigenvalue weighted by atomic mass is 19.2. The third-order valence-corrected chi connectivity index (χ3v) is 3.15. The summed E-state index contributed by atoms with van der Waals surface area (Å²) in [5, 5.41) is 8.91. The van der Waals surface area contributed by atoms with E-state index in [-0.39, 0.29) is 12.4 Å². The molecule has 21 heavy (non-hydrogen) atoms. The fraction of sp³-hybridized carbons (Fsp3) is 0.286. The second kappa shape index (κ2) is 6.01. The zero-order valence-electron chi connectivity index (χ0n) is 11.5. The Morgan fingerprint density at radius 1 is 1.43 bits per heavy atom. The summed E-state index contributed by atoms with van der Waals surface area (Å²) in [5.74, 6) is -2.72. The number of aliphatic carboxylic acids is 1. The van der Waals surface area contributed by atoms with Crippen LogP contribution in [0.25, 0.3) is 11.5 Å². The van der Waals surface area contributed by atoms with Crippen LogP contribution < -0.4 is 0 Å².